The monoisotopic (exact) mass is 418 g/mol. The largest absolute Gasteiger partial charge is 0.356 e. The van der Waals surface area contributed by atoms with Gasteiger partial charge in [-0.3, -0.25) is 9.59 Å². The van der Waals surface area contributed by atoms with Gasteiger partial charge in [0.2, 0.25) is 15.9 Å². The van der Waals surface area contributed by atoms with E-state index >= 15 is 0 Å². The summed E-state index contributed by atoms with van der Waals surface area (Å²) in [6.07, 6.45) is 3.20. The van der Waals surface area contributed by atoms with Gasteiger partial charge >= 0.3 is 0 Å². The van der Waals surface area contributed by atoms with Crippen LogP contribution in [-0.2, 0) is 14.8 Å². The Hall–Kier alpha value is -2.65. The fourth-order valence-electron chi connectivity index (χ4n) is 3.35. The second kappa shape index (κ2) is 8.38. The molecule has 2 heterocycles. The lowest BCUT2D eigenvalue weighted by Crippen LogP contribution is -2.35. The summed E-state index contributed by atoms with van der Waals surface area (Å²) in [5, 5.41) is 2.74. The quantitative estimate of drug-likeness (QED) is 0.750. The minimum Gasteiger partial charge on any atom is -0.356 e. The second-order valence-electron chi connectivity index (χ2n) is 7.38. The van der Waals surface area contributed by atoms with Crippen LogP contribution in [0.1, 0.15) is 34.5 Å². The van der Waals surface area contributed by atoms with Crippen molar-refractivity contribution in [2.75, 3.05) is 32.0 Å². The fraction of sp³-hybridized carbons (Fsp3) is 0.400. The molecule has 0 aliphatic carbocycles. The number of likely N-dealkylation sites (N-methyl/N-ethyl adjacent to an activating group) is 1. The summed E-state index contributed by atoms with van der Waals surface area (Å²) in [5.74, 6) is -0.647. The number of rotatable bonds is 6. The van der Waals surface area contributed by atoms with Crippen LogP contribution in [0.4, 0.5) is 5.69 Å². The molecule has 2 aromatic rings. The first-order valence-corrected chi connectivity index (χ1v) is 10.9. The van der Waals surface area contributed by atoms with E-state index in [4.69, 9.17) is 0 Å². The fourth-order valence-corrected chi connectivity index (χ4v) is 4.47. The summed E-state index contributed by atoms with van der Waals surface area (Å²) in [6.45, 7) is 4.85. The van der Waals surface area contributed by atoms with Crippen LogP contribution in [0.15, 0.2) is 35.4 Å². The van der Waals surface area contributed by atoms with Crippen LogP contribution in [0.3, 0.4) is 0 Å². The lowest BCUT2D eigenvalue weighted by atomic mass is 10.1. The first-order chi connectivity index (χ1) is 13.7. The number of aromatic nitrogens is 1. The number of nitrogens with zero attached hydrogens (tertiary/aromatic N) is 2. The SMILES string of the molecule is Cc1ccc(NC(=O)CN(C)S(=O)(=O)c2c[nH]c(C(=O)N3CCCC3)c2)c(C)c1. The molecule has 1 aromatic heterocycles. The molecular formula is C20H26N4O4S. The van der Waals surface area contributed by atoms with Gasteiger partial charge in [-0.05, 0) is 44.4 Å². The minimum atomic E-state index is -3.91. The molecule has 2 amide bonds. The van der Waals surface area contributed by atoms with Crippen molar-refractivity contribution in [3.05, 3.63) is 47.3 Å². The Kier molecular flexibility index (Phi) is 6.09. The molecule has 0 radical (unpaired) electrons. The maximum Gasteiger partial charge on any atom is 0.270 e. The molecule has 1 aromatic carbocycles. The molecule has 29 heavy (non-hydrogen) atoms. The number of aromatic amines is 1. The summed E-state index contributed by atoms with van der Waals surface area (Å²) in [5.41, 5.74) is 2.86. The molecule has 1 fully saturated rings. The Morgan fingerprint density at radius 2 is 1.86 bits per heavy atom. The standard InChI is InChI=1S/C20H26N4O4S/c1-14-6-7-17(15(2)10-14)22-19(25)13-23(3)29(27,28)16-11-18(21-12-16)20(26)24-8-4-5-9-24/h6-7,10-12,21H,4-5,8-9,13H2,1-3H3,(H,22,25). The molecule has 1 saturated heterocycles. The number of aryl methyl sites for hydroxylation is 2. The van der Waals surface area contributed by atoms with E-state index in [0.717, 1.165) is 28.3 Å². The number of hydrogen-bond donors (Lipinski definition) is 2. The summed E-state index contributed by atoms with van der Waals surface area (Å²) < 4.78 is 26.6. The first-order valence-electron chi connectivity index (χ1n) is 9.49. The molecule has 0 bridgehead atoms. The third-order valence-corrected chi connectivity index (χ3v) is 6.79. The van der Waals surface area contributed by atoms with Crippen LogP contribution in [0.25, 0.3) is 0 Å². The Bertz CT molecular complexity index is 1020. The van der Waals surface area contributed by atoms with Crippen molar-refractivity contribution in [3.8, 4) is 0 Å². The van der Waals surface area contributed by atoms with E-state index in [-0.39, 0.29) is 23.0 Å². The van der Waals surface area contributed by atoms with Crippen molar-refractivity contribution in [3.63, 3.8) is 0 Å². The van der Waals surface area contributed by atoms with Crippen molar-refractivity contribution in [2.24, 2.45) is 0 Å². The van der Waals surface area contributed by atoms with Crippen molar-refractivity contribution < 1.29 is 18.0 Å². The molecule has 0 saturated carbocycles. The molecule has 1 aliphatic heterocycles. The second-order valence-corrected chi connectivity index (χ2v) is 9.42. The van der Waals surface area contributed by atoms with E-state index in [1.54, 1.807) is 11.0 Å². The molecular weight excluding hydrogens is 392 g/mol. The van der Waals surface area contributed by atoms with Gasteiger partial charge in [0.1, 0.15) is 10.6 Å². The van der Waals surface area contributed by atoms with E-state index in [2.05, 4.69) is 10.3 Å². The molecule has 156 valence electrons. The Balaban J connectivity index is 1.67. The molecule has 0 atom stereocenters. The van der Waals surface area contributed by atoms with Gasteiger partial charge in [-0.15, -0.1) is 0 Å². The van der Waals surface area contributed by atoms with Crippen LogP contribution < -0.4 is 5.32 Å². The number of benzene rings is 1. The zero-order valence-electron chi connectivity index (χ0n) is 16.9. The van der Waals surface area contributed by atoms with Crippen molar-refractivity contribution in [1.82, 2.24) is 14.2 Å². The molecule has 1 aliphatic rings. The third-order valence-electron chi connectivity index (χ3n) is 5.01. The third kappa shape index (κ3) is 4.68. The van der Waals surface area contributed by atoms with Crippen LogP contribution in [-0.4, -0.2) is 61.1 Å². The number of likely N-dealkylation sites (tertiary alicyclic amines) is 1. The zero-order valence-corrected chi connectivity index (χ0v) is 17.7. The van der Waals surface area contributed by atoms with Crippen molar-refractivity contribution in [2.45, 2.75) is 31.6 Å². The van der Waals surface area contributed by atoms with E-state index in [1.165, 1.54) is 19.3 Å². The normalized spacial score (nSPS) is 14.4. The predicted octanol–water partition coefficient (Wildman–Crippen LogP) is 2.13. The number of hydrogen-bond acceptors (Lipinski definition) is 4. The summed E-state index contributed by atoms with van der Waals surface area (Å²) in [7, 11) is -2.57. The maximum absolute atomic E-state index is 12.8. The van der Waals surface area contributed by atoms with Gasteiger partial charge in [0.25, 0.3) is 5.91 Å². The smallest absolute Gasteiger partial charge is 0.270 e. The number of anilines is 1. The molecule has 0 unspecified atom stereocenters. The van der Waals surface area contributed by atoms with Gasteiger partial charge in [-0.2, -0.15) is 4.31 Å². The van der Waals surface area contributed by atoms with Gasteiger partial charge in [0.05, 0.1) is 6.54 Å². The average Bonchev–Trinajstić information content (AvgIpc) is 3.35. The van der Waals surface area contributed by atoms with Gasteiger partial charge in [-0.25, -0.2) is 8.42 Å². The lowest BCUT2D eigenvalue weighted by Gasteiger charge is -2.17. The summed E-state index contributed by atoms with van der Waals surface area (Å²) >= 11 is 0. The minimum absolute atomic E-state index is 0.0399. The Labute approximate surface area is 170 Å². The molecule has 2 N–H and O–H groups in total. The van der Waals surface area contributed by atoms with Crippen molar-refractivity contribution >= 4 is 27.5 Å². The number of carbonyl (C=O) groups excluding carboxylic acids is 2. The summed E-state index contributed by atoms with van der Waals surface area (Å²) in [4.78, 5) is 29.2. The van der Waals surface area contributed by atoms with Gasteiger partial charge in [0, 0.05) is 32.0 Å². The highest BCUT2D eigenvalue weighted by Gasteiger charge is 2.27. The predicted molar refractivity (Wildman–Crippen MR) is 110 cm³/mol. The number of amides is 2. The van der Waals surface area contributed by atoms with Crippen LogP contribution >= 0.6 is 0 Å². The number of nitrogens with one attached hydrogen (secondary N) is 2. The highest BCUT2D eigenvalue weighted by molar-refractivity contribution is 7.89. The van der Waals surface area contributed by atoms with Crippen LogP contribution in [0.5, 0.6) is 0 Å². The van der Waals surface area contributed by atoms with Gasteiger partial charge in [0.15, 0.2) is 0 Å². The van der Waals surface area contributed by atoms with Crippen LogP contribution in [0.2, 0.25) is 0 Å². The van der Waals surface area contributed by atoms with E-state index in [0.29, 0.717) is 18.8 Å². The van der Waals surface area contributed by atoms with E-state index in [1.807, 2.05) is 26.0 Å². The molecule has 3 rings (SSSR count). The number of H-pyrrole nitrogens is 1. The number of sulfonamides is 1. The molecule has 8 nitrogen and oxygen atoms in total. The molecule has 9 heteroatoms. The first kappa shape index (κ1) is 21.1. The number of carbonyl (C=O) groups is 2. The van der Waals surface area contributed by atoms with Crippen LogP contribution in [0, 0.1) is 13.8 Å². The van der Waals surface area contributed by atoms with Crippen molar-refractivity contribution in [1.29, 1.82) is 0 Å². The molecule has 0 spiro atoms. The van der Waals surface area contributed by atoms with Gasteiger partial charge < -0.3 is 15.2 Å². The van der Waals surface area contributed by atoms with E-state index < -0.39 is 15.9 Å². The lowest BCUT2D eigenvalue weighted by molar-refractivity contribution is -0.116. The topological polar surface area (TPSA) is 103 Å². The maximum atomic E-state index is 12.8. The highest BCUT2D eigenvalue weighted by Crippen LogP contribution is 2.19. The Morgan fingerprint density at radius 1 is 1.17 bits per heavy atom. The highest BCUT2D eigenvalue weighted by atomic mass is 32.2. The zero-order chi connectivity index (χ0) is 21.2. The summed E-state index contributed by atoms with van der Waals surface area (Å²) in [6, 6.07) is 6.94. The average molecular weight is 419 g/mol. The Morgan fingerprint density at radius 3 is 2.52 bits per heavy atom. The van der Waals surface area contributed by atoms with Gasteiger partial charge in [-0.1, -0.05) is 17.7 Å². The van der Waals surface area contributed by atoms with E-state index in [9.17, 15) is 18.0 Å².